The molecule has 0 aliphatic carbocycles. The maximum Gasteiger partial charge on any atom is 0.270 e. The lowest BCUT2D eigenvalue weighted by Crippen LogP contribution is -2.14. The van der Waals surface area contributed by atoms with Gasteiger partial charge in [-0.1, -0.05) is 17.7 Å². The second kappa shape index (κ2) is 5.80. The zero-order chi connectivity index (χ0) is 15.6. The van der Waals surface area contributed by atoms with Crippen molar-refractivity contribution in [2.45, 2.75) is 6.92 Å². The Balaban J connectivity index is 2.32. The minimum Gasteiger partial charge on any atom is -0.508 e. The molecule has 2 aromatic carbocycles. The van der Waals surface area contributed by atoms with Gasteiger partial charge in [0, 0.05) is 23.8 Å². The van der Waals surface area contributed by atoms with E-state index in [9.17, 15) is 20.0 Å². The number of carbonyl (C=O) groups excluding carboxylic acids is 1. The Morgan fingerprint density at radius 1 is 1.29 bits per heavy atom. The third kappa shape index (κ3) is 3.29. The Bertz CT molecular complexity index is 731. The number of nitro benzene ring substituents is 1. The molecule has 2 N–H and O–H groups in total. The van der Waals surface area contributed by atoms with Crippen molar-refractivity contribution in [2.24, 2.45) is 0 Å². The van der Waals surface area contributed by atoms with Crippen LogP contribution in [0.5, 0.6) is 5.75 Å². The van der Waals surface area contributed by atoms with Crippen molar-refractivity contribution in [1.82, 2.24) is 0 Å². The number of amides is 1. The zero-order valence-corrected chi connectivity index (χ0v) is 11.7. The molecule has 2 aromatic rings. The molecule has 0 saturated heterocycles. The minimum absolute atomic E-state index is 0.0236. The number of aryl methyl sites for hydroxylation is 1. The normalized spacial score (nSPS) is 10.2. The van der Waals surface area contributed by atoms with Gasteiger partial charge in [0.15, 0.2) is 0 Å². The fourth-order valence-electron chi connectivity index (χ4n) is 1.76. The number of anilines is 1. The number of nitrogens with zero attached hydrogens (tertiary/aromatic N) is 1. The number of rotatable bonds is 3. The Labute approximate surface area is 125 Å². The summed E-state index contributed by atoms with van der Waals surface area (Å²) < 4.78 is 0. The predicted molar refractivity (Wildman–Crippen MR) is 78.9 cm³/mol. The van der Waals surface area contributed by atoms with Crippen molar-refractivity contribution in [3.05, 3.63) is 62.7 Å². The SMILES string of the molecule is Cc1ccc([N+](=O)[O-])cc1C(=O)Nc1ccc(O)cc1Cl. The van der Waals surface area contributed by atoms with Gasteiger partial charge in [-0.15, -0.1) is 0 Å². The lowest BCUT2D eigenvalue weighted by molar-refractivity contribution is -0.384. The average molecular weight is 307 g/mol. The van der Waals surface area contributed by atoms with E-state index in [1.807, 2.05) is 0 Å². The smallest absolute Gasteiger partial charge is 0.270 e. The summed E-state index contributed by atoms with van der Waals surface area (Å²) in [4.78, 5) is 22.4. The summed E-state index contributed by atoms with van der Waals surface area (Å²) in [6.07, 6.45) is 0. The first-order valence-electron chi connectivity index (χ1n) is 5.93. The molecule has 1 amide bonds. The van der Waals surface area contributed by atoms with E-state index in [2.05, 4.69) is 5.32 Å². The van der Waals surface area contributed by atoms with Gasteiger partial charge >= 0.3 is 0 Å². The van der Waals surface area contributed by atoms with Crippen molar-refractivity contribution < 1.29 is 14.8 Å². The second-order valence-electron chi connectivity index (χ2n) is 4.37. The Hall–Kier alpha value is -2.60. The number of hydrogen-bond donors (Lipinski definition) is 2. The molecule has 0 aliphatic rings. The van der Waals surface area contributed by atoms with Crippen molar-refractivity contribution in [3.63, 3.8) is 0 Å². The maximum absolute atomic E-state index is 12.2. The highest BCUT2D eigenvalue weighted by Crippen LogP contribution is 2.27. The van der Waals surface area contributed by atoms with Crippen LogP contribution in [0.2, 0.25) is 5.02 Å². The molecule has 0 spiro atoms. The summed E-state index contributed by atoms with van der Waals surface area (Å²) >= 11 is 5.90. The number of nitrogens with one attached hydrogen (secondary N) is 1. The van der Waals surface area contributed by atoms with Gasteiger partial charge in [-0.2, -0.15) is 0 Å². The summed E-state index contributed by atoms with van der Waals surface area (Å²) in [6, 6.07) is 8.16. The van der Waals surface area contributed by atoms with E-state index in [4.69, 9.17) is 11.6 Å². The minimum atomic E-state index is -0.566. The average Bonchev–Trinajstić information content (AvgIpc) is 2.42. The molecule has 0 bridgehead atoms. The number of benzene rings is 2. The first-order chi connectivity index (χ1) is 9.88. The molecule has 108 valence electrons. The summed E-state index contributed by atoms with van der Waals surface area (Å²) in [6.45, 7) is 1.68. The predicted octanol–water partition coefficient (Wildman–Crippen LogP) is 3.51. The van der Waals surface area contributed by atoms with Crippen LogP contribution >= 0.6 is 11.6 Å². The Kier molecular flexibility index (Phi) is 4.09. The number of phenolic OH excluding ortho intramolecular Hbond substituents is 1. The quantitative estimate of drug-likeness (QED) is 0.515. The highest BCUT2D eigenvalue weighted by Gasteiger charge is 2.15. The van der Waals surface area contributed by atoms with Crippen LogP contribution in [0.3, 0.4) is 0 Å². The number of aromatic hydroxyl groups is 1. The van der Waals surface area contributed by atoms with Gasteiger partial charge < -0.3 is 10.4 Å². The van der Waals surface area contributed by atoms with E-state index in [1.54, 1.807) is 6.92 Å². The zero-order valence-electron chi connectivity index (χ0n) is 11.0. The van der Waals surface area contributed by atoms with E-state index >= 15 is 0 Å². The molecule has 2 rings (SSSR count). The van der Waals surface area contributed by atoms with Crippen LogP contribution in [0.4, 0.5) is 11.4 Å². The molecule has 0 unspecified atom stereocenters. The lowest BCUT2D eigenvalue weighted by atomic mass is 10.1. The molecule has 0 atom stereocenters. The fourth-order valence-corrected chi connectivity index (χ4v) is 1.99. The molecular formula is C14H11ClN2O4. The monoisotopic (exact) mass is 306 g/mol. The highest BCUT2D eigenvalue weighted by atomic mass is 35.5. The molecule has 0 heterocycles. The van der Waals surface area contributed by atoms with Crippen LogP contribution in [0.15, 0.2) is 36.4 Å². The third-order valence-corrected chi connectivity index (χ3v) is 3.19. The summed E-state index contributed by atoms with van der Waals surface area (Å²) in [7, 11) is 0. The van der Waals surface area contributed by atoms with Crippen molar-refractivity contribution >= 4 is 28.9 Å². The molecule has 0 aliphatic heterocycles. The van der Waals surface area contributed by atoms with Crippen LogP contribution < -0.4 is 5.32 Å². The molecule has 0 radical (unpaired) electrons. The molecular weight excluding hydrogens is 296 g/mol. The molecule has 6 nitrogen and oxygen atoms in total. The van der Waals surface area contributed by atoms with Gasteiger partial charge in [0.25, 0.3) is 11.6 Å². The Morgan fingerprint density at radius 3 is 2.62 bits per heavy atom. The van der Waals surface area contributed by atoms with E-state index in [0.717, 1.165) is 0 Å². The van der Waals surface area contributed by atoms with Crippen LogP contribution in [-0.2, 0) is 0 Å². The van der Waals surface area contributed by atoms with Gasteiger partial charge in [-0.3, -0.25) is 14.9 Å². The van der Waals surface area contributed by atoms with Gasteiger partial charge in [-0.05, 0) is 24.6 Å². The van der Waals surface area contributed by atoms with E-state index in [1.165, 1.54) is 36.4 Å². The number of non-ortho nitro benzene ring substituents is 1. The van der Waals surface area contributed by atoms with Crippen molar-refractivity contribution in [2.75, 3.05) is 5.32 Å². The maximum atomic E-state index is 12.2. The van der Waals surface area contributed by atoms with Crippen molar-refractivity contribution in [3.8, 4) is 5.75 Å². The van der Waals surface area contributed by atoms with Crippen LogP contribution in [0.1, 0.15) is 15.9 Å². The topological polar surface area (TPSA) is 92.5 Å². The number of halogens is 1. The first kappa shape index (κ1) is 14.8. The van der Waals surface area contributed by atoms with Gasteiger partial charge in [0.1, 0.15) is 5.75 Å². The summed E-state index contributed by atoms with van der Waals surface area (Å²) in [5.74, 6) is -0.534. The first-order valence-corrected chi connectivity index (χ1v) is 6.31. The van der Waals surface area contributed by atoms with E-state index in [-0.39, 0.29) is 22.0 Å². The van der Waals surface area contributed by atoms with Gasteiger partial charge in [0.2, 0.25) is 0 Å². The molecule has 7 heteroatoms. The second-order valence-corrected chi connectivity index (χ2v) is 4.78. The van der Waals surface area contributed by atoms with Crippen molar-refractivity contribution in [1.29, 1.82) is 0 Å². The molecule has 0 saturated carbocycles. The largest absolute Gasteiger partial charge is 0.508 e. The third-order valence-electron chi connectivity index (χ3n) is 2.88. The van der Waals surface area contributed by atoms with Gasteiger partial charge in [-0.25, -0.2) is 0 Å². The fraction of sp³-hybridized carbons (Fsp3) is 0.0714. The Morgan fingerprint density at radius 2 is 2.00 bits per heavy atom. The molecule has 21 heavy (non-hydrogen) atoms. The van der Waals surface area contributed by atoms with Crippen LogP contribution in [0.25, 0.3) is 0 Å². The number of phenols is 1. The summed E-state index contributed by atoms with van der Waals surface area (Å²) in [5, 5.41) is 22.7. The van der Waals surface area contributed by atoms with E-state index in [0.29, 0.717) is 11.3 Å². The van der Waals surface area contributed by atoms with Crippen LogP contribution in [-0.4, -0.2) is 15.9 Å². The standard InChI is InChI=1S/C14H11ClN2O4/c1-8-2-3-9(17(20)21)6-11(8)14(19)16-13-5-4-10(18)7-12(13)15/h2-7,18H,1H3,(H,16,19). The summed E-state index contributed by atoms with van der Waals surface area (Å²) in [5.41, 5.74) is 0.939. The lowest BCUT2D eigenvalue weighted by Gasteiger charge is -2.09. The van der Waals surface area contributed by atoms with Crippen LogP contribution in [0, 0.1) is 17.0 Å². The molecule has 0 fully saturated rings. The van der Waals surface area contributed by atoms with Gasteiger partial charge in [0.05, 0.1) is 15.6 Å². The van der Waals surface area contributed by atoms with E-state index < -0.39 is 10.8 Å². The number of hydrogen-bond acceptors (Lipinski definition) is 4. The number of carbonyl (C=O) groups is 1. The highest BCUT2D eigenvalue weighted by molar-refractivity contribution is 6.34. The molecule has 0 aromatic heterocycles. The number of nitro groups is 1.